The van der Waals surface area contributed by atoms with Crippen molar-refractivity contribution in [3.8, 4) is 23.7 Å². The van der Waals surface area contributed by atoms with Crippen molar-refractivity contribution in [2.24, 2.45) is 0 Å². The molecule has 0 spiro atoms. The average molecular weight is 262 g/mol. The van der Waals surface area contributed by atoms with Gasteiger partial charge >= 0.3 is 0 Å². The van der Waals surface area contributed by atoms with Gasteiger partial charge in [0, 0.05) is 6.42 Å². The van der Waals surface area contributed by atoms with Crippen LogP contribution in [0.2, 0.25) is 0 Å². The summed E-state index contributed by atoms with van der Waals surface area (Å²) in [7, 11) is 0. The van der Waals surface area contributed by atoms with Gasteiger partial charge in [0.1, 0.15) is 0 Å². The zero-order valence-electron chi connectivity index (χ0n) is 12.8. The van der Waals surface area contributed by atoms with Gasteiger partial charge in [-0.3, -0.25) is 0 Å². The molecule has 1 atom stereocenters. The van der Waals surface area contributed by atoms with E-state index in [-0.39, 0.29) is 0 Å². The minimum absolute atomic E-state index is 0.756. The van der Waals surface area contributed by atoms with Crippen LogP contribution in [-0.4, -0.2) is 11.2 Å². The fourth-order valence-electron chi connectivity index (χ4n) is 2.04. The van der Waals surface area contributed by atoms with Crippen LogP contribution >= 0.6 is 0 Å². The topological polar surface area (TPSA) is 20.2 Å². The summed E-state index contributed by atoms with van der Waals surface area (Å²) in [6.07, 6.45) is 13.6. The van der Waals surface area contributed by atoms with E-state index in [9.17, 15) is 5.11 Å². The lowest BCUT2D eigenvalue weighted by atomic mass is 10.1. The van der Waals surface area contributed by atoms with Crippen molar-refractivity contribution < 1.29 is 5.11 Å². The third kappa shape index (κ3) is 15.0. The largest absolute Gasteiger partial charge is 0.369 e. The summed E-state index contributed by atoms with van der Waals surface area (Å²) in [5.41, 5.74) is 0. The predicted octanol–water partition coefficient (Wildman–Crippen LogP) is 4.69. The fraction of sp³-hybridized carbons (Fsp3) is 0.778. The first-order valence-corrected chi connectivity index (χ1v) is 7.90. The highest BCUT2D eigenvalue weighted by molar-refractivity contribution is 5.18. The first-order valence-electron chi connectivity index (χ1n) is 7.90. The highest BCUT2D eigenvalue weighted by atomic mass is 16.3. The maximum atomic E-state index is 9.26. The molecule has 0 saturated carbocycles. The molecule has 1 heteroatoms. The molecule has 0 saturated heterocycles. The van der Waals surface area contributed by atoms with E-state index in [0.29, 0.717) is 0 Å². The van der Waals surface area contributed by atoms with Crippen LogP contribution in [0.25, 0.3) is 0 Å². The molecule has 1 N–H and O–H groups in total. The smallest absolute Gasteiger partial charge is 0.176 e. The van der Waals surface area contributed by atoms with E-state index in [4.69, 9.17) is 0 Å². The lowest BCUT2D eigenvalue weighted by Gasteiger charge is -2.00. The van der Waals surface area contributed by atoms with Gasteiger partial charge in [-0.05, 0) is 13.3 Å². The van der Waals surface area contributed by atoms with E-state index in [2.05, 4.69) is 30.6 Å². The van der Waals surface area contributed by atoms with Gasteiger partial charge in [0.05, 0.1) is 0 Å². The SMILES string of the molecule is CC#CC(O)C#CCCCCCCCCCCCC. The van der Waals surface area contributed by atoms with Gasteiger partial charge in [-0.25, -0.2) is 0 Å². The highest BCUT2D eigenvalue weighted by Gasteiger charge is 1.92. The number of unbranched alkanes of at least 4 members (excludes halogenated alkanes) is 10. The number of aliphatic hydroxyl groups excluding tert-OH is 1. The molecule has 108 valence electrons. The van der Waals surface area contributed by atoms with Crippen molar-refractivity contribution in [1.82, 2.24) is 0 Å². The Hall–Kier alpha value is -0.920. The van der Waals surface area contributed by atoms with Crippen LogP contribution in [0.4, 0.5) is 0 Å². The van der Waals surface area contributed by atoms with Crippen molar-refractivity contribution in [2.45, 2.75) is 90.6 Å². The third-order valence-electron chi connectivity index (χ3n) is 3.18. The molecule has 0 bridgehead atoms. The molecule has 0 rings (SSSR count). The van der Waals surface area contributed by atoms with E-state index in [1.54, 1.807) is 6.92 Å². The van der Waals surface area contributed by atoms with Crippen molar-refractivity contribution in [3.05, 3.63) is 0 Å². The van der Waals surface area contributed by atoms with E-state index >= 15 is 0 Å². The Bertz CT molecular complexity index is 297. The Kier molecular flexibility index (Phi) is 14.4. The number of hydrogen-bond acceptors (Lipinski definition) is 1. The molecule has 0 aliphatic rings. The monoisotopic (exact) mass is 262 g/mol. The zero-order valence-corrected chi connectivity index (χ0v) is 12.8. The van der Waals surface area contributed by atoms with Crippen LogP contribution in [0.3, 0.4) is 0 Å². The van der Waals surface area contributed by atoms with Gasteiger partial charge in [-0.1, -0.05) is 82.5 Å². The molecule has 0 heterocycles. The van der Waals surface area contributed by atoms with Gasteiger partial charge in [0.25, 0.3) is 0 Å². The maximum absolute atomic E-state index is 9.26. The molecule has 1 unspecified atom stereocenters. The summed E-state index contributed by atoms with van der Waals surface area (Å²) in [5, 5.41) is 9.26. The van der Waals surface area contributed by atoms with Crippen LogP contribution in [0.15, 0.2) is 0 Å². The first-order chi connectivity index (χ1) is 9.31. The van der Waals surface area contributed by atoms with E-state index < -0.39 is 6.10 Å². The molecule has 0 aromatic carbocycles. The zero-order chi connectivity index (χ0) is 14.2. The molecule has 1 nitrogen and oxygen atoms in total. The van der Waals surface area contributed by atoms with Gasteiger partial charge in [0.2, 0.25) is 0 Å². The van der Waals surface area contributed by atoms with Crippen molar-refractivity contribution in [1.29, 1.82) is 0 Å². The Morgan fingerprint density at radius 2 is 1.32 bits per heavy atom. The normalized spacial score (nSPS) is 11.1. The van der Waals surface area contributed by atoms with Crippen LogP contribution in [0.5, 0.6) is 0 Å². The minimum Gasteiger partial charge on any atom is -0.369 e. The second-order valence-corrected chi connectivity index (χ2v) is 5.05. The fourth-order valence-corrected chi connectivity index (χ4v) is 2.04. The van der Waals surface area contributed by atoms with Crippen molar-refractivity contribution in [2.75, 3.05) is 0 Å². The molecule has 0 aliphatic heterocycles. The number of hydrogen-bond donors (Lipinski definition) is 1. The Balaban J connectivity index is 3.20. The average Bonchev–Trinajstić information content (AvgIpc) is 2.40. The Morgan fingerprint density at radius 3 is 1.84 bits per heavy atom. The van der Waals surface area contributed by atoms with Gasteiger partial charge < -0.3 is 5.11 Å². The van der Waals surface area contributed by atoms with Crippen molar-refractivity contribution >= 4 is 0 Å². The van der Waals surface area contributed by atoms with E-state index in [1.165, 1.54) is 57.8 Å². The molecule has 19 heavy (non-hydrogen) atoms. The summed E-state index contributed by atoms with van der Waals surface area (Å²) in [4.78, 5) is 0. The second-order valence-electron chi connectivity index (χ2n) is 5.05. The van der Waals surface area contributed by atoms with Crippen molar-refractivity contribution in [3.63, 3.8) is 0 Å². The minimum atomic E-state index is -0.756. The van der Waals surface area contributed by atoms with E-state index in [0.717, 1.165) is 12.8 Å². The molecular weight excluding hydrogens is 232 g/mol. The standard InChI is InChI=1S/C18H30O/c1-3-5-6-7-8-9-10-11-12-13-14-15-17-18(19)16-4-2/h18-19H,3,5-14H2,1-2H3. The highest BCUT2D eigenvalue weighted by Crippen LogP contribution is 2.10. The summed E-state index contributed by atoms with van der Waals surface area (Å²) >= 11 is 0. The Labute approximate surface area is 120 Å². The summed E-state index contributed by atoms with van der Waals surface area (Å²) in [5.74, 6) is 11.0. The van der Waals surface area contributed by atoms with Crippen LogP contribution in [0, 0.1) is 23.7 Å². The van der Waals surface area contributed by atoms with Crippen LogP contribution < -0.4 is 0 Å². The maximum Gasteiger partial charge on any atom is 0.176 e. The second kappa shape index (κ2) is 15.1. The quantitative estimate of drug-likeness (QED) is 0.447. The Morgan fingerprint density at radius 1 is 0.789 bits per heavy atom. The molecule has 0 aromatic heterocycles. The molecule has 0 fully saturated rings. The van der Waals surface area contributed by atoms with Crippen LogP contribution in [0.1, 0.15) is 84.5 Å². The van der Waals surface area contributed by atoms with Crippen LogP contribution in [-0.2, 0) is 0 Å². The van der Waals surface area contributed by atoms with E-state index in [1.807, 2.05) is 0 Å². The lowest BCUT2D eigenvalue weighted by Crippen LogP contribution is -1.96. The summed E-state index contributed by atoms with van der Waals surface area (Å²) in [6.45, 7) is 3.98. The number of aliphatic hydroxyl groups is 1. The molecule has 0 radical (unpaired) electrons. The first kappa shape index (κ1) is 18.1. The molecular formula is C18H30O. The summed E-state index contributed by atoms with van der Waals surface area (Å²) < 4.78 is 0. The van der Waals surface area contributed by atoms with Gasteiger partial charge in [-0.15, -0.1) is 5.92 Å². The third-order valence-corrected chi connectivity index (χ3v) is 3.18. The molecule has 0 amide bonds. The molecule has 0 aromatic rings. The number of rotatable bonds is 10. The summed E-state index contributed by atoms with van der Waals surface area (Å²) in [6, 6.07) is 0. The van der Waals surface area contributed by atoms with Gasteiger partial charge in [-0.2, -0.15) is 0 Å². The lowest BCUT2D eigenvalue weighted by molar-refractivity contribution is 0.289. The van der Waals surface area contributed by atoms with Gasteiger partial charge in [0.15, 0.2) is 6.10 Å². The predicted molar refractivity (Wildman–Crippen MR) is 83.7 cm³/mol. The molecule has 0 aliphatic carbocycles.